The highest BCUT2D eigenvalue weighted by atomic mass is 16.2. The van der Waals surface area contributed by atoms with Crippen molar-refractivity contribution < 1.29 is 4.79 Å². The summed E-state index contributed by atoms with van der Waals surface area (Å²) in [6.07, 6.45) is 4.29. The molecule has 1 heterocycles. The summed E-state index contributed by atoms with van der Waals surface area (Å²) in [5.74, 6) is 0.991. The molecule has 0 aromatic rings. The molecule has 3 unspecified atom stereocenters. The van der Waals surface area contributed by atoms with E-state index >= 15 is 0 Å². The smallest absolute Gasteiger partial charge is 0.227 e. The summed E-state index contributed by atoms with van der Waals surface area (Å²) >= 11 is 0. The van der Waals surface area contributed by atoms with Crippen LogP contribution >= 0.6 is 0 Å². The first-order chi connectivity index (χ1) is 7.18. The average Bonchev–Trinajstić information content (AvgIpc) is 2.71. The minimum atomic E-state index is -0.100. The van der Waals surface area contributed by atoms with Crippen molar-refractivity contribution in [2.75, 3.05) is 13.1 Å². The summed E-state index contributed by atoms with van der Waals surface area (Å²) in [7, 11) is 0. The maximum Gasteiger partial charge on any atom is 0.227 e. The molecule has 1 aliphatic carbocycles. The van der Waals surface area contributed by atoms with Gasteiger partial charge in [0, 0.05) is 12.6 Å². The van der Waals surface area contributed by atoms with Gasteiger partial charge in [0.15, 0.2) is 0 Å². The first-order valence-electron chi connectivity index (χ1n) is 6.19. The Morgan fingerprint density at radius 1 is 1.60 bits per heavy atom. The highest BCUT2D eigenvalue weighted by molar-refractivity contribution is 5.83. The number of carbonyl (C=O) groups excluding carboxylic acids is 1. The summed E-state index contributed by atoms with van der Waals surface area (Å²) in [6.45, 7) is 6.22. The summed E-state index contributed by atoms with van der Waals surface area (Å²) in [5.41, 5.74) is -0.100. The Hall–Kier alpha value is -0.570. The molecule has 3 heteroatoms. The molecule has 1 saturated carbocycles. The molecule has 3 atom stereocenters. The normalized spacial score (nSPS) is 39.1. The fraction of sp³-hybridized carbons (Fsp3) is 0.917. The second-order valence-electron chi connectivity index (χ2n) is 5.25. The van der Waals surface area contributed by atoms with Gasteiger partial charge in [0.25, 0.3) is 0 Å². The fourth-order valence-corrected chi connectivity index (χ4v) is 2.59. The Kier molecular flexibility index (Phi) is 3.01. The minimum absolute atomic E-state index is 0.100. The van der Waals surface area contributed by atoms with E-state index in [9.17, 15) is 4.79 Å². The van der Waals surface area contributed by atoms with Gasteiger partial charge in [-0.1, -0.05) is 20.3 Å². The van der Waals surface area contributed by atoms with Gasteiger partial charge in [-0.3, -0.25) is 4.79 Å². The molecule has 2 fully saturated rings. The monoisotopic (exact) mass is 210 g/mol. The Balaban J connectivity index is 1.94. The van der Waals surface area contributed by atoms with Crippen molar-refractivity contribution in [3.05, 3.63) is 0 Å². The Morgan fingerprint density at radius 2 is 2.33 bits per heavy atom. The van der Waals surface area contributed by atoms with Crippen LogP contribution in [0, 0.1) is 11.3 Å². The molecule has 0 spiro atoms. The van der Waals surface area contributed by atoms with Gasteiger partial charge in [-0.25, -0.2) is 0 Å². The van der Waals surface area contributed by atoms with Crippen molar-refractivity contribution in [3.8, 4) is 0 Å². The average molecular weight is 210 g/mol. The van der Waals surface area contributed by atoms with E-state index in [0.717, 1.165) is 32.4 Å². The Morgan fingerprint density at radius 3 is 2.80 bits per heavy atom. The molecule has 2 rings (SSSR count). The van der Waals surface area contributed by atoms with Gasteiger partial charge < -0.3 is 10.6 Å². The van der Waals surface area contributed by atoms with Crippen LogP contribution in [0.5, 0.6) is 0 Å². The van der Waals surface area contributed by atoms with Crippen molar-refractivity contribution in [1.82, 2.24) is 10.6 Å². The third-order valence-corrected chi connectivity index (χ3v) is 3.88. The van der Waals surface area contributed by atoms with Crippen molar-refractivity contribution in [2.24, 2.45) is 11.3 Å². The lowest BCUT2D eigenvalue weighted by molar-refractivity contribution is -0.130. The zero-order valence-electron chi connectivity index (χ0n) is 9.81. The molecule has 1 amide bonds. The van der Waals surface area contributed by atoms with Crippen LogP contribution < -0.4 is 10.6 Å². The van der Waals surface area contributed by atoms with E-state index in [4.69, 9.17) is 0 Å². The van der Waals surface area contributed by atoms with Crippen molar-refractivity contribution in [3.63, 3.8) is 0 Å². The van der Waals surface area contributed by atoms with Crippen molar-refractivity contribution >= 4 is 5.91 Å². The van der Waals surface area contributed by atoms with E-state index in [-0.39, 0.29) is 5.41 Å². The lowest BCUT2D eigenvalue weighted by atomic mass is 9.81. The molecule has 2 N–H and O–H groups in total. The zero-order chi connectivity index (χ0) is 10.9. The van der Waals surface area contributed by atoms with Gasteiger partial charge in [-0.05, 0) is 31.7 Å². The van der Waals surface area contributed by atoms with Gasteiger partial charge in [0.1, 0.15) is 0 Å². The molecular formula is C12H22N2O. The van der Waals surface area contributed by atoms with Gasteiger partial charge in [0.05, 0.1) is 5.41 Å². The predicted molar refractivity (Wildman–Crippen MR) is 60.5 cm³/mol. The SMILES string of the molecule is CCCC1(C(=O)NC2CC2C)CCNC1. The van der Waals surface area contributed by atoms with E-state index in [1.807, 2.05) is 0 Å². The second-order valence-corrected chi connectivity index (χ2v) is 5.25. The number of nitrogens with one attached hydrogen (secondary N) is 2. The number of hydrogen-bond donors (Lipinski definition) is 2. The number of rotatable bonds is 4. The summed E-state index contributed by atoms with van der Waals surface area (Å²) in [6, 6.07) is 0.465. The maximum atomic E-state index is 12.2. The molecule has 0 radical (unpaired) electrons. The summed E-state index contributed by atoms with van der Waals surface area (Å²) in [5, 5.41) is 6.52. The van der Waals surface area contributed by atoms with Crippen LogP contribution in [0.3, 0.4) is 0 Å². The molecule has 1 saturated heterocycles. The Bertz CT molecular complexity index is 246. The van der Waals surface area contributed by atoms with E-state index in [2.05, 4.69) is 24.5 Å². The summed E-state index contributed by atoms with van der Waals surface area (Å²) in [4.78, 5) is 12.2. The number of amides is 1. The number of carbonyl (C=O) groups is 1. The van der Waals surface area contributed by atoms with Crippen LogP contribution in [0.25, 0.3) is 0 Å². The van der Waals surface area contributed by atoms with Gasteiger partial charge in [-0.15, -0.1) is 0 Å². The molecule has 0 aromatic carbocycles. The second kappa shape index (κ2) is 4.12. The lowest BCUT2D eigenvalue weighted by Gasteiger charge is -2.26. The van der Waals surface area contributed by atoms with Crippen LogP contribution in [0.15, 0.2) is 0 Å². The quantitative estimate of drug-likeness (QED) is 0.734. The lowest BCUT2D eigenvalue weighted by Crippen LogP contribution is -2.43. The molecule has 2 aliphatic rings. The van der Waals surface area contributed by atoms with Crippen LogP contribution in [0.4, 0.5) is 0 Å². The van der Waals surface area contributed by atoms with Crippen LogP contribution in [0.1, 0.15) is 39.5 Å². The van der Waals surface area contributed by atoms with Crippen molar-refractivity contribution in [2.45, 2.75) is 45.6 Å². The number of hydrogen-bond acceptors (Lipinski definition) is 2. The highest BCUT2D eigenvalue weighted by Crippen LogP contribution is 2.35. The fourth-order valence-electron chi connectivity index (χ4n) is 2.59. The molecular weight excluding hydrogens is 188 g/mol. The van der Waals surface area contributed by atoms with Crippen molar-refractivity contribution in [1.29, 1.82) is 0 Å². The maximum absolute atomic E-state index is 12.2. The van der Waals surface area contributed by atoms with Crippen LogP contribution in [-0.4, -0.2) is 25.0 Å². The largest absolute Gasteiger partial charge is 0.353 e. The molecule has 0 aromatic heterocycles. The van der Waals surface area contributed by atoms with Gasteiger partial charge in [0.2, 0.25) is 5.91 Å². The molecule has 15 heavy (non-hydrogen) atoms. The van der Waals surface area contributed by atoms with Gasteiger partial charge >= 0.3 is 0 Å². The van der Waals surface area contributed by atoms with Crippen LogP contribution in [-0.2, 0) is 4.79 Å². The standard InChI is InChI=1S/C12H22N2O/c1-3-4-12(5-6-13-8-12)11(15)14-10-7-9(10)2/h9-10,13H,3-8H2,1-2H3,(H,14,15). The van der Waals surface area contributed by atoms with E-state index in [1.54, 1.807) is 0 Å². The molecule has 1 aliphatic heterocycles. The summed E-state index contributed by atoms with van der Waals surface area (Å²) < 4.78 is 0. The van der Waals surface area contributed by atoms with E-state index in [1.165, 1.54) is 6.42 Å². The van der Waals surface area contributed by atoms with E-state index < -0.39 is 0 Å². The molecule has 3 nitrogen and oxygen atoms in total. The third-order valence-electron chi connectivity index (χ3n) is 3.88. The topological polar surface area (TPSA) is 41.1 Å². The molecule has 86 valence electrons. The third kappa shape index (κ3) is 2.17. The molecule has 0 bridgehead atoms. The van der Waals surface area contributed by atoms with E-state index in [0.29, 0.717) is 17.9 Å². The zero-order valence-corrected chi connectivity index (χ0v) is 9.81. The van der Waals surface area contributed by atoms with Gasteiger partial charge in [-0.2, -0.15) is 0 Å². The Labute approximate surface area is 92.0 Å². The minimum Gasteiger partial charge on any atom is -0.353 e. The first kappa shape index (κ1) is 10.9. The van der Waals surface area contributed by atoms with Crippen LogP contribution in [0.2, 0.25) is 0 Å². The predicted octanol–water partition coefficient (Wildman–Crippen LogP) is 1.29. The first-order valence-corrected chi connectivity index (χ1v) is 6.19. The highest BCUT2D eigenvalue weighted by Gasteiger charge is 2.43.